The highest BCUT2D eigenvalue weighted by Crippen LogP contribution is 2.40. The molecule has 0 aromatic heterocycles. The topological polar surface area (TPSA) is 83.6 Å². The average molecular weight is 469 g/mol. The third kappa shape index (κ3) is 4.89. The van der Waals surface area contributed by atoms with E-state index in [0.717, 1.165) is 38.5 Å². The Balaban J connectivity index is 1.52. The number of amides is 1. The number of benzene rings is 2. The van der Waals surface area contributed by atoms with Gasteiger partial charge in [0, 0.05) is 24.1 Å². The number of hydrogen-bond acceptors (Lipinski definition) is 4. The van der Waals surface area contributed by atoms with E-state index in [1.165, 1.54) is 41.1 Å². The van der Waals surface area contributed by atoms with Gasteiger partial charge >= 0.3 is 0 Å². The van der Waals surface area contributed by atoms with E-state index >= 15 is 0 Å². The summed E-state index contributed by atoms with van der Waals surface area (Å²) in [6.07, 6.45) is 6.35. The predicted octanol–water partition coefficient (Wildman–Crippen LogP) is 4.06. The van der Waals surface area contributed by atoms with Gasteiger partial charge in [0.2, 0.25) is 15.9 Å². The SMILES string of the molecule is CC(=O)c1ccc(S(=O)(=O)N2CCCCC2C(=O)NCC2(c3ccccc3)CCCC2)cc1. The van der Waals surface area contributed by atoms with Gasteiger partial charge in [0.25, 0.3) is 0 Å². The fraction of sp³-hybridized carbons (Fsp3) is 0.462. The van der Waals surface area contributed by atoms with Crippen LogP contribution in [0.5, 0.6) is 0 Å². The van der Waals surface area contributed by atoms with Crippen LogP contribution in [-0.4, -0.2) is 43.5 Å². The van der Waals surface area contributed by atoms with Crippen LogP contribution in [0, 0.1) is 0 Å². The summed E-state index contributed by atoms with van der Waals surface area (Å²) in [6, 6.07) is 15.6. The number of rotatable bonds is 7. The van der Waals surface area contributed by atoms with Crippen LogP contribution in [0.15, 0.2) is 59.5 Å². The van der Waals surface area contributed by atoms with Crippen molar-refractivity contribution in [3.05, 3.63) is 65.7 Å². The quantitative estimate of drug-likeness (QED) is 0.621. The van der Waals surface area contributed by atoms with Crippen molar-refractivity contribution >= 4 is 21.7 Å². The Morgan fingerprint density at radius 3 is 2.27 bits per heavy atom. The molecule has 1 amide bonds. The molecule has 4 rings (SSSR count). The minimum Gasteiger partial charge on any atom is -0.354 e. The molecule has 2 fully saturated rings. The van der Waals surface area contributed by atoms with Crippen LogP contribution in [0.3, 0.4) is 0 Å². The lowest BCUT2D eigenvalue weighted by molar-refractivity contribution is -0.126. The molecule has 6 nitrogen and oxygen atoms in total. The number of sulfonamides is 1. The van der Waals surface area contributed by atoms with Crippen LogP contribution in [-0.2, 0) is 20.2 Å². The Morgan fingerprint density at radius 1 is 0.970 bits per heavy atom. The Kier molecular flexibility index (Phi) is 7.00. The van der Waals surface area contributed by atoms with E-state index in [2.05, 4.69) is 17.4 Å². The Hall–Kier alpha value is -2.51. The summed E-state index contributed by atoms with van der Waals surface area (Å²) in [7, 11) is -3.84. The van der Waals surface area contributed by atoms with Crippen molar-refractivity contribution < 1.29 is 18.0 Å². The number of piperidine rings is 1. The number of ketones is 1. The maximum atomic E-state index is 13.4. The van der Waals surface area contributed by atoms with Crippen molar-refractivity contribution in [3.63, 3.8) is 0 Å². The molecular weight excluding hydrogens is 436 g/mol. The van der Waals surface area contributed by atoms with Gasteiger partial charge in [-0.05, 0) is 50.3 Å². The number of hydrogen-bond donors (Lipinski definition) is 1. The van der Waals surface area contributed by atoms with Crippen LogP contribution >= 0.6 is 0 Å². The highest BCUT2D eigenvalue weighted by atomic mass is 32.2. The largest absolute Gasteiger partial charge is 0.354 e. The van der Waals surface area contributed by atoms with Gasteiger partial charge in [0.15, 0.2) is 5.78 Å². The first-order chi connectivity index (χ1) is 15.8. The van der Waals surface area contributed by atoms with Gasteiger partial charge in [-0.2, -0.15) is 4.31 Å². The van der Waals surface area contributed by atoms with Crippen molar-refractivity contribution in [2.75, 3.05) is 13.1 Å². The summed E-state index contributed by atoms with van der Waals surface area (Å²) in [6.45, 7) is 2.29. The minimum absolute atomic E-state index is 0.0855. The highest BCUT2D eigenvalue weighted by Gasteiger charge is 2.40. The van der Waals surface area contributed by atoms with Crippen LogP contribution in [0.4, 0.5) is 0 Å². The number of Topliss-reactive ketones (excluding diaryl/α,β-unsaturated/α-hetero) is 1. The maximum absolute atomic E-state index is 13.4. The number of carbonyl (C=O) groups is 2. The fourth-order valence-electron chi connectivity index (χ4n) is 5.24. The third-order valence-corrected chi connectivity index (χ3v) is 9.09. The van der Waals surface area contributed by atoms with E-state index in [0.29, 0.717) is 25.1 Å². The second-order valence-electron chi connectivity index (χ2n) is 9.28. The second kappa shape index (κ2) is 9.77. The first-order valence-corrected chi connectivity index (χ1v) is 13.2. The molecule has 176 valence electrons. The Morgan fingerprint density at radius 2 is 1.64 bits per heavy atom. The zero-order chi connectivity index (χ0) is 23.5. The molecule has 2 aromatic carbocycles. The molecule has 1 saturated heterocycles. The summed E-state index contributed by atoms with van der Waals surface area (Å²) in [4.78, 5) is 25.0. The molecule has 1 saturated carbocycles. The smallest absolute Gasteiger partial charge is 0.243 e. The molecule has 1 aliphatic heterocycles. The van der Waals surface area contributed by atoms with E-state index < -0.39 is 16.1 Å². The maximum Gasteiger partial charge on any atom is 0.243 e. The molecule has 1 aliphatic carbocycles. The van der Waals surface area contributed by atoms with Gasteiger partial charge in [-0.3, -0.25) is 9.59 Å². The number of carbonyl (C=O) groups excluding carboxylic acids is 2. The first-order valence-electron chi connectivity index (χ1n) is 11.8. The van der Waals surface area contributed by atoms with Crippen LogP contribution in [0.2, 0.25) is 0 Å². The first kappa shape index (κ1) is 23.6. The molecule has 1 N–H and O–H groups in total. The van der Waals surface area contributed by atoms with Gasteiger partial charge in [0.1, 0.15) is 6.04 Å². The Labute approximate surface area is 196 Å². The molecule has 0 spiro atoms. The van der Waals surface area contributed by atoms with E-state index in [9.17, 15) is 18.0 Å². The van der Waals surface area contributed by atoms with Crippen LogP contribution in [0.1, 0.15) is 67.8 Å². The van der Waals surface area contributed by atoms with Crippen molar-refractivity contribution in [1.82, 2.24) is 9.62 Å². The molecular formula is C26H32N2O4S. The monoisotopic (exact) mass is 468 g/mol. The summed E-state index contributed by atoms with van der Waals surface area (Å²) < 4.78 is 28.1. The van der Waals surface area contributed by atoms with Gasteiger partial charge in [-0.15, -0.1) is 0 Å². The molecule has 0 radical (unpaired) electrons. The average Bonchev–Trinajstić information content (AvgIpc) is 3.33. The summed E-state index contributed by atoms with van der Waals surface area (Å²) >= 11 is 0. The van der Waals surface area contributed by atoms with E-state index in [1.54, 1.807) is 0 Å². The fourth-order valence-corrected chi connectivity index (χ4v) is 6.89. The van der Waals surface area contributed by atoms with Gasteiger partial charge in [0.05, 0.1) is 4.90 Å². The normalized spacial score (nSPS) is 20.9. The van der Waals surface area contributed by atoms with Crippen molar-refractivity contribution in [1.29, 1.82) is 0 Å². The number of nitrogens with one attached hydrogen (secondary N) is 1. The molecule has 0 bridgehead atoms. The van der Waals surface area contributed by atoms with E-state index in [1.807, 2.05) is 18.2 Å². The van der Waals surface area contributed by atoms with Crippen molar-refractivity contribution in [3.8, 4) is 0 Å². The second-order valence-corrected chi connectivity index (χ2v) is 11.2. The van der Waals surface area contributed by atoms with Gasteiger partial charge in [-0.1, -0.05) is 61.7 Å². The molecule has 1 unspecified atom stereocenters. The van der Waals surface area contributed by atoms with E-state index in [-0.39, 0.29) is 22.0 Å². The lowest BCUT2D eigenvalue weighted by Gasteiger charge is -2.35. The molecule has 33 heavy (non-hydrogen) atoms. The zero-order valence-electron chi connectivity index (χ0n) is 19.1. The molecule has 2 aromatic rings. The standard InChI is InChI=1S/C26H32N2O4S/c1-20(29)21-12-14-23(15-13-21)33(31,32)28-18-8-5-11-24(28)25(30)27-19-26(16-6-7-17-26)22-9-3-2-4-10-22/h2-4,9-10,12-15,24H,5-8,11,16-19H2,1H3,(H,27,30). The van der Waals surface area contributed by atoms with Gasteiger partial charge < -0.3 is 5.32 Å². The lowest BCUT2D eigenvalue weighted by Crippen LogP contribution is -2.53. The highest BCUT2D eigenvalue weighted by molar-refractivity contribution is 7.89. The lowest BCUT2D eigenvalue weighted by atomic mass is 9.78. The molecule has 7 heteroatoms. The Bertz CT molecular complexity index is 1090. The minimum atomic E-state index is -3.84. The molecule has 2 aliphatic rings. The van der Waals surface area contributed by atoms with Gasteiger partial charge in [-0.25, -0.2) is 8.42 Å². The summed E-state index contributed by atoms with van der Waals surface area (Å²) in [5, 5.41) is 3.12. The van der Waals surface area contributed by atoms with Crippen molar-refractivity contribution in [2.45, 2.75) is 68.2 Å². The molecule has 1 atom stereocenters. The molecule has 1 heterocycles. The summed E-state index contributed by atoms with van der Waals surface area (Å²) in [5.74, 6) is -0.339. The van der Waals surface area contributed by atoms with Crippen LogP contribution in [0.25, 0.3) is 0 Å². The van der Waals surface area contributed by atoms with Crippen LogP contribution < -0.4 is 5.32 Å². The predicted molar refractivity (Wildman–Crippen MR) is 128 cm³/mol. The zero-order valence-corrected chi connectivity index (χ0v) is 19.9. The number of nitrogens with zero attached hydrogens (tertiary/aromatic N) is 1. The van der Waals surface area contributed by atoms with E-state index in [4.69, 9.17) is 0 Å². The third-order valence-electron chi connectivity index (χ3n) is 7.17. The van der Waals surface area contributed by atoms with Crippen molar-refractivity contribution in [2.24, 2.45) is 0 Å². The summed E-state index contributed by atoms with van der Waals surface area (Å²) in [5.41, 5.74) is 1.61.